The summed E-state index contributed by atoms with van der Waals surface area (Å²) in [6, 6.07) is 4.22. The monoisotopic (exact) mass is 282 g/mol. The van der Waals surface area contributed by atoms with Crippen molar-refractivity contribution in [1.29, 1.82) is 0 Å². The average molecular weight is 282 g/mol. The van der Waals surface area contributed by atoms with Crippen LogP contribution < -0.4 is 5.32 Å². The molecule has 1 N–H and O–H groups in total. The van der Waals surface area contributed by atoms with Gasteiger partial charge in [0.1, 0.15) is 0 Å². The largest absolute Gasteiger partial charge is 0.372 e. The number of amides is 2. The number of ether oxygens (including phenoxy) is 1. The summed E-state index contributed by atoms with van der Waals surface area (Å²) >= 11 is 1.69. The second kappa shape index (κ2) is 6.39. The van der Waals surface area contributed by atoms with Gasteiger partial charge >= 0.3 is 6.03 Å². The zero-order valence-corrected chi connectivity index (χ0v) is 12.6. The van der Waals surface area contributed by atoms with Crippen LogP contribution in [-0.4, -0.2) is 36.2 Å². The average Bonchev–Trinajstić information content (AvgIpc) is 2.88. The Kier molecular flexibility index (Phi) is 4.82. The van der Waals surface area contributed by atoms with Crippen LogP contribution in [0.3, 0.4) is 0 Å². The predicted molar refractivity (Wildman–Crippen MR) is 77.5 cm³/mol. The van der Waals surface area contributed by atoms with E-state index in [2.05, 4.69) is 18.3 Å². The number of nitrogens with one attached hydrogen (secondary N) is 1. The second-order valence-corrected chi connectivity index (χ2v) is 6.07. The van der Waals surface area contributed by atoms with Crippen molar-refractivity contribution in [3.8, 4) is 0 Å². The maximum Gasteiger partial charge on any atom is 0.318 e. The van der Waals surface area contributed by atoms with E-state index in [4.69, 9.17) is 4.74 Å². The van der Waals surface area contributed by atoms with Crippen molar-refractivity contribution in [1.82, 2.24) is 10.2 Å². The molecule has 1 fully saturated rings. The Morgan fingerprint density at radius 1 is 1.53 bits per heavy atom. The van der Waals surface area contributed by atoms with Crippen LogP contribution in [0.4, 0.5) is 4.79 Å². The minimum atomic E-state index is 0.0160. The van der Waals surface area contributed by atoms with Gasteiger partial charge in [-0.05, 0) is 31.7 Å². The van der Waals surface area contributed by atoms with Crippen LogP contribution in [0, 0.1) is 0 Å². The molecule has 106 valence electrons. The molecule has 1 aromatic heterocycles. The number of carbonyl (C=O) groups is 1. The molecule has 0 radical (unpaired) electrons. The highest BCUT2D eigenvalue weighted by Crippen LogP contribution is 2.22. The molecule has 3 atom stereocenters. The Morgan fingerprint density at radius 3 is 2.74 bits per heavy atom. The Balaban J connectivity index is 1.96. The Bertz CT molecular complexity index is 398. The molecule has 0 spiro atoms. The molecule has 1 saturated heterocycles. The van der Waals surface area contributed by atoms with Crippen molar-refractivity contribution in [2.45, 2.75) is 45.4 Å². The van der Waals surface area contributed by atoms with Crippen LogP contribution in [0.25, 0.3) is 0 Å². The van der Waals surface area contributed by atoms with Gasteiger partial charge in [-0.2, -0.15) is 0 Å². The van der Waals surface area contributed by atoms with Crippen molar-refractivity contribution in [3.63, 3.8) is 0 Å². The number of hydrogen-bond acceptors (Lipinski definition) is 3. The zero-order valence-electron chi connectivity index (χ0n) is 11.8. The quantitative estimate of drug-likeness (QED) is 0.926. The molecule has 0 bridgehead atoms. The summed E-state index contributed by atoms with van der Waals surface area (Å²) in [6.45, 7) is 7.43. The lowest BCUT2D eigenvalue weighted by molar-refractivity contribution is -0.0547. The van der Waals surface area contributed by atoms with E-state index in [9.17, 15) is 4.79 Å². The van der Waals surface area contributed by atoms with Gasteiger partial charge in [-0.15, -0.1) is 11.3 Å². The molecule has 1 aliphatic heterocycles. The Hall–Kier alpha value is -1.07. The second-order valence-electron chi connectivity index (χ2n) is 5.09. The molecule has 2 heterocycles. The first-order valence-corrected chi connectivity index (χ1v) is 7.72. The molecular weight excluding hydrogens is 260 g/mol. The molecule has 0 saturated carbocycles. The van der Waals surface area contributed by atoms with Crippen molar-refractivity contribution in [2.75, 3.05) is 13.1 Å². The summed E-state index contributed by atoms with van der Waals surface area (Å²) in [4.78, 5) is 15.4. The van der Waals surface area contributed by atoms with E-state index < -0.39 is 0 Å². The van der Waals surface area contributed by atoms with Gasteiger partial charge in [0.15, 0.2) is 0 Å². The Labute approximate surface area is 118 Å². The molecule has 5 heteroatoms. The molecule has 2 amide bonds. The summed E-state index contributed by atoms with van der Waals surface area (Å²) in [5.41, 5.74) is 0. The van der Waals surface area contributed by atoms with Gasteiger partial charge < -0.3 is 15.0 Å². The summed E-state index contributed by atoms with van der Waals surface area (Å²) < 4.78 is 5.65. The molecule has 19 heavy (non-hydrogen) atoms. The first-order chi connectivity index (χ1) is 9.10. The molecule has 0 aromatic carbocycles. The van der Waals surface area contributed by atoms with Crippen molar-refractivity contribution in [3.05, 3.63) is 22.4 Å². The lowest BCUT2D eigenvalue weighted by Crippen LogP contribution is -2.52. The van der Waals surface area contributed by atoms with Crippen LogP contribution in [0.2, 0.25) is 0 Å². The highest BCUT2D eigenvalue weighted by Gasteiger charge is 2.27. The fourth-order valence-electron chi connectivity index (χ4n) is 2.45. The molecule has 1 aliphatic rings. The van der Waals surface area contributed by atoms with Crippen molar-refractivity contribution >= 4 is 17.4 Å². The van der Waals surface area contributed by atoms with Gasteiger partial charge in [0.05, 0.1) is 18.2 Å². The zero-order chi connectivity index (χ0) is 13.8. The third kappa shape index (κ3) is 3.70. The SMILES string of the molecule is CC[C@H](NC(=O)N1C[C@@H](C)O[C@@H](C)C1)c1cccs1. The van der Waals surface area contributed by atoms with E-state index in [1.807, 2.05) is 30.2 Å². The van der Waals surface area contributed by atoms with Crippen molar-refractivity contribution < 1.29 is 9.53 Å². The number of thiophene rings is 1. The lowest BCUT2D eigenvalue weighted by atomic mass is 10.2. The molecule has 2 rings (SSSR count). The minimum Gasteiger partial charge on any atom is -0.372 e. The first-order valence-electron chi connectivity index (χ1n) is 6.84. The minimum absolute atomic E-state index is 0.0160. The van der Waals surface area contributed by atoms with Gasteiger partial charge in [-0.3, -0.25) is 0 Å². The molecule has 4 nitrogen and oxygen atoms in total. The molecule has 0 unspecified atom stereocenters. The van der Waals surface area contributed by atoms with E-state index in [0.717, 1.165) is 6.42 Å². The van der Waals surface area contributed by atoms with Gasteiger partial charge in [-0.25, -0.2) is 4.79 Å². The topological polar surface area (TPSA) is 41.6 Å². The fraction of sp³-hybridized carbons (Fsp3) is 0.643. The maximum atomic E-state index is 12.3. The van der Waals surface area contributed by atoms with Crippen LogP contribution in [0.1, 0.15) is 38.1 Å². The Morgan fingerprint density at radius 2 is 2.21 bits per heavy atom. The summed E-state index contributed by atoms with van der Waals surface area (Å²) in [5, 5.41) is 5.17. The third-order valence-corrected chi connectivity index (χ3v) is 4.29. The van der Waals surface area contributed by atoms with E-state index in [1.54, 1.807) is 11.3 Å². The molecule has 0 aliphatic carbocycles. The summed E-state index contributed by atoms with van der Waals surface area (Å²) in [5.74, 6) is 0. The number of rotatable bonds is 3. The predicted octanol–water partition coefficient (Wildman–Crippen LogP) is 3.02. The summed E-state index contributed by atoms with van der Waals surface area (Å²) in [7, 11) is 0. The number of carbonyl (C=O) groups excluding carboxylic acids is 1. The van der Waals surface area contributed by atoms with E-state index >= 15 is 0 Å². The van der Waals surface area contributed by atoms with E-state index in [0.29, 0.717) is 13.1 Å². The number of nitrogens with zero attached hydrogens (tertiary/aromatic N) is 1. The standard InChI is InChI=1S/C14H22N2O2S/c1-4-12(13-6-5-7-19-13)15-14(17)16-8-10(2)18-11(3)9-16/h5-7,10-12H,4,8-9H2,1-3H3,(H,15,17)/t10-,11+,12-/m0/s1. The van der Waals surface area contributed by atoms with E-state index in [1.165, 1.54) is 4.88 Å². The first kappa shape index (κ1) is 14.3. The normalized spacial score (nSPS) is 25.1. The number of urea groups is 1. The maximum absolute atomic E-state index is 12.3. The van der Waals surface area contributed by atoms with Gasteiger partial charge in [-0.1, -0.05) is 13.0 Å². The fourth-order valence-corrected chi connectivity index (χ4v) is 3.31. The highest BCUT2D eigenvalue weighted by atomic mass is 32.1. The number of morpholine rings is 1. The van der Waals surface area contributed by atoms with Gasteiger partial charge in [0.2, 0.25) is 0 Å². The lowest BCUT2D eigenvalue weighted by Gasteiger charge is -2.36. The molecule has 1 aromatic rings. The van der Waals surface area contributed by atoms with Gasteiger partial charge in [0.25, 0.3) is 0 Å². The van der Waals surface area contributed by atoms with E-state index in [-0.39, 0.29) is 24.3 Å². The summed E-state index contributed by atoms with van der Waals surface area (Å²) in [6.07, 6.45) is 1.12. The van der Waals surface area contributed by atoms with Crippen LogP contribution in [0.15, 0.2) is 17.5 Å². The molecular formula is C14H22N2O2S. The smallest absolute Gasteiger partial charge is 0.318 e. The van der Waals surface area contributed by atoms with Crippen LogP contribution >= 0.6 is 11.3 Å². The highest BCUT2D eigenvalue weighted by molar-refractivity contribution is 7.10. The number of hydrogen-bond donors (Lipinski definition) is 1. The van der Waals surface area contributed by atoms with Crippen molar-refractivity contribution in [2.24, 2.45) is 0 Å². The third-order valence-electron chi connectivity index (χ3n) is 3.30. The van der Waals surface area contributed by atoms with Crippen LogP contribution in [0.5, 0.6) is 0 Å². The van der Waals surface area contributed by atoms with Crippen LogP contribution in [-0.2, 0) is 4.74 Å². The van der Waals surface area contributed by atoms with Gasteiger partial charge in [0, 0.05) is 18.0 Å².